The Hall–Kier alpha value is -1.01. The molecule has 0 bridgehead atoms. The molecule has 4 heterocycles. The van der Waals surface area contributed by atoms with Crippen LogP contribution in [-0.2, 0) is 16.1 Å². The van der Waals surface area contributed by atoms with Crippen molar-refractivity contribution < 1.29 is 9.47 Å². The molecular weight excluding hydrogens is 314 g/mol. The number of piperidine rings is 2. The number of hydrogen-bond acceptors (Lipinski definition) is 5. The van der Waals surface area contributed by atoms with E-state index in [1.807, 2.05) is 18.5 Å². The van der Waals surface area contributed by atoms with E-state index < -0.39 is 0 Å². The highest BCUT2D eigenvalue weighted by atomic mass is 16.5. The van der Waals surface area contributed by atoms with Gasteiger partial charge in [0.05, 0.1) is 18.3 Å². The van der Waals surface area contributed by atoms with Crippen LogP contribution in [-0.4, -0.2) is 60.4 Å². The summed E-state index contributed by atoms with van der Waals surface area (Å²) in [5.41, 5.74) is 1.32. The van der Waals surface area contributed by atoms with Gasteiger partial charge in [-0.2, -0.15) is 0 Å². The molecule has 3 aliphatic heterocycles. The molecule has 0 amide bonds. The summed E-state index contributed by atoms with van der Waals surface area (Å²) in [5, 5.41) is 3.47. The monoisotopic (exact) mass is 345 g/mol. The lowest BCUT2D eigenvalue weighted by atomic mass is 9.82. The Bertz CT molecular complexity index is 519. The molecule has 5 nitrogen and oxygen atoms in total. The van der Waals surface area contributed by atoms with Crippen molar-refractivity contribution in [3.05, 3.63) is 30.1 Å². The molecule has 25 heavy (non-hydrogen) atoms. The summed E-state index contributed by atoms with van der Waals surface area (Å²) in [6, 6.07) is 4.76. The van der Waals surface area contributed by atoms with E-state index in [1.165, 1.54) is 31.2 Å². The predicted octanol–water partition coefficient (Wildman–Crippen LogP) is 2.36. The van der Waals surface area contributed by atoms with Gasteiger partial charge in [-0.1, -0.05) is 6.07 Å². The van der Waals surface area contributed by atoms with Gasteiger partial charge in [0.1, 0.15) is 0 Å². The van der Waals surface area contributed by atoms with Crippen molar-refractivity contribution in [2.45, 2.75) is 62.9 Å². The molecule has 1 unspecified atom stereocenters. The van der Waals surface area contributed by atoms with Crippen LogP contribution in [0.25, 0.3) is 0 Å². The second-order valence-corrected chi connectivity index (χ2v) is 7.84. The van der Waals surface area contributed by atoms with Crippen LogP contribution in [0, 0.1) is 0 Å². The van der Waals surface area contributed by atoms with Gasteiger partial charge >= 0.3 is 0 Å². The number of nitrogens with one attached hydrogen (secondary N) is 1. The molecule has 1 aromatic rings. The highest BCUT2D eigenvalue weighted by Crippen LogP contribution is 2.36. The molecule has 0 saturated carbocycles. The zero-order valence-electron chi connectivity index (χ0n) is 15.2. The lowest BCUT2D eigenvalue weighted by Crippen LogP contribution is -2.54. The minimum absolute atomic E-state index is 0.155. The lowest BCUT2D eigenvalue weighted by Gasteiger charge is -2.48. The van der Waals surface area contributed by atoms with Crippen molar-refractivity contribution in [1.82, 2.24) is 15.2 Å². The molecule has 5 heteroatoms. The van der Waals surface area contributed by atoms with Crippen LogP contribution in [0.1, 0.15) is 44.1 Å². The number of rotatable bonds is 4. The molecule has 138 valence electrons. The Balaban J connectivity index is 1.24. The molecule has 4 rings (SSSR count). The fourth-order valence-electron chi connectivity index (χ4n) is 4.65. The number of pyridine rings is 1. The molecule has 0 radical (unpaired) electrons. The summed E-state index contributed by atoms with van der Waals surface area (Å²) < 4.78 is 12.4. The summed E-state index contributed by atoms with van der Waals surface area (Å²) in [7, 11) is 0. The average molecular weight is 345 g/mol. The van der Waals surface area contributed by atoms with E-state index in [0.717, 1.165) is 45.6 Å². The number of nitrogens with zero attached hydrogens (tertiary/aromatic N) is 2. The molecule has 3 fully saturated rings. The summed E-state index contributed by atoms with van der Waals surface area (Å²) in [6.07, 6.45) is 11.2. The second-order valence-electron chi connectivity index (χ2n) is 7.84. The Labute approximate surface area is 151 Å². The van der Waals surface area contributed by atoms with Crippen molar-refractivity contribution in [3.63, 3.8) is 0 Å². The van der Waals surface area contributed by atoms with E-state index in [1.54, 1.807) is 0 Å². The highest BCUT2D eigenvalue weighted by Gasteiger charge is 2.40. The Kier molecular flexibility index (Phi) is 5.66. The molecule has 1 spiro atoms. The van der Waals surface area contributed by atoms with Gasteiger partial charge in [-0.25, -0.2) is 0 Å². The number of likely N-dealkylation sites (tertiary alicyclic amines) is 1. The fraction of sp³-hybridized carbons (Fsp3) is 0.750. The largest absolute Gasteiger partial charge is 0.375 e. The maximum absolute atomic E-state index is 6.24. The summed E-state index contributed by atoms with van der Waals surface area (Å²) >= 11 is 0. The first kappa shape index (κ1) is 17.4. The lowest BCUT2D eigenvalue weighted by molar-refractivity contribution is -0.126. The SMILES string of the molecule is c1cncc(COC2CCN(C3CCOC4(CCNCC4)C3)CC2)c1. The average Bonchev–Trinajstić information content (AvgIpc) is 2.68. The van der Waals surface area contributed by atoms with Crippen LogP contribution >= 0.6 is 0 Å². The molecule has 1 N–H and O–H groups in total. The third-order valence-corrected chi connectivity index (χ3v) is 6.18. The molecule has 3 saturated heterocycles. The summed E-state index contributed by atoms with van der Waals surface area (Å²) in [4.78, 5) is 6.86. The Morgan fingerprint density at radius 1 is 1.24 bits per heavy atom. The molecule has 1 atom stereocenters. The van der Waals surface area contributed by atoms with Gasteiger partial charge in [0, 0.05) is 38.1 Å². The van der Waals surface area contributed by atoms with Gasteiger partial charge < -0.3 is 14.8 Å². The highest BCUT2D eigenvalue weighted by molar-refractivity contribution is 5.06. The van der Waals surface area contributed by atoms with Gasteiger partial charge in [0.2, 0.25) is 0 Å². The number of aromatic nitrogens is 1. The summed E-state index contributed by atoms with van der Waals surface area (Å²) in [6.45, 7) is 6.16. The molecule has 0 aromatic carbocycles. The number of ether oxygens (including phenoxy) is 2. The third kappa shape index (κ3) is 4.40. The van der Waals surface area contributed by atoms with Gasteiger partial charge in [-0.05, 0) is 63.2 Å². The topological polar surface area (TPSA) is 46.6 Å². The molecule has 1 aromatic heterocycles. The first-order valence-corrected chi connectivity index (χ1v) is 9.92. The Morgan fingerprint density at radius 3 is 2.84 bits per heavy atom. The zero-order chi connectivity index (χ0) is 17.0. The van der Waals surface area contributed by atoms with Crippen molar-refractivity contribution in [2.24, 2.45) is 0 Å². The molecule has 3 aliphatic rings. The quantitative estimate of drug-likeness (QED) is 0.908. The first-order chi connectivity index (χ1) is 12.3. The fourth-order valence-corrected chi connectivity index (χ4v) is 4.65. The normalized spacial score (nSPS) is 28.2. The minimum Gasteiger partial charge on any atom is -0.375 e. The van der Waals surface area contributed by atoms with Gasteiger partial charge in [0.25, 0.3) is 0 Å². The van der Waals surface area contributed by atoms with Gasteiger partial charge in [-0.15, -0.1) is 0 Å². The van der Waals surface area contributed by atoms with Crippen LogP contribution in [0.5, 0.6) is 0 Å². The maximum Gasteiger partial charge on any atom is 0.0735 e. The maximum atomic E-state index is 6.24. The van der Waals surface area contributed by atoms with Crippen molar-refractivity contribution in [2.75, 3.05) is 32.8 Å². The van der Waals surface area contributed by atoms with Gasteiger partial charge in [0.15, 0.2) is 0 Å². The number of hydrogen-bond donors (Lipinski definition) is 1. The van der Waals surface area contributed by atoms with Crippen molar-refractivity contribution in [3.8, 4) is 0 Å². The minimum atomic E-state index is 0.155. The smallest absolute Gasteiger partial charge is 0.0735 e. The van der Waals surface area contributed by atoms with Crippen LogP contribution in [0.15, 0.2) is 24.5 Å². The standard InChI is InChI=1S/C20H31N3O2/c1-2-17(15-22-8-1)16-24-19-3-11-23(12-4-19)18-5-13-25-20(14-18)6-9-21-10-7-20/h1-2,8,15,18-19,21H,3-7,9-14,16H2. The van der Waals surface area contributed by atoms with E-state index in [-0.39, 0.29) is 5.60 Å². The van der Waals surface area contributed by atoms with Crippen LogP contribution in [0.2, 0.25) is 0 Å². The van der Waals surface area contributed by atoms with E-state index in [9.17, 15) is 0 Å². The molecule has 0 aliphatic carbocycles. The van der Waals surface area contributed by atoms with E-state index >= 15 is 0 Å². The van der Waals surface area contributed by atoms with E-state index in [2.05, 4.69) is 21.3 Å². The predicted molar refractivity (Wildman–Crippen MR) is 97.4 cm³/mol. The van der Waals surface area contributed by atoms with E-state index in [0.29, 0.717) is 18.8 Å². The third-order valence-electron chi connectivity index (χ3n) is 6.18. The van der Waals surface area contributed by atoms with Crippen LogP contribution in [0.3, 0.4) is 0 Å². The van der Waals surface area contributed by atoms with Crippen molar-refractivity contribution >= 4 is 0 Å². The Morgan fingerprint density at radius 2 is 2.08 bits per heavy atom. The molecular formula is C20H31N3O2. The van der Waals surface area contributed by atoms with Crippen molar-refractivity contribution in [1.29, 1.82) is 0 Å². The summed E-state index contributed by atoms with van der Waals surface area (Å²) in [5.74, 6) is 0. The first-order valence-electron chi connectivity index (χ1n) is 9.92. The zero-order valence-corrected chi connectivity index (χ0v) is 15.2. The van der Waals surface area contributed by atoms with Crippen LogP contribution in [0.4, 0.5) is 0 Å². The van der Waals surface area contributed by atoms with Gasteiger partial charge in [-0.3, -0.25) is 9.88 Å². The second kappa shape index (κ2) is 8.12. The van der Waals surface area contributed by atoms with E-state index in [4.69, 9.17) is 9.47 Å². The van der Waals surface area contributed by atoms with Crippen LogP contribution < -0.4 is 5.32 Å².